The fourth-order valence-corrected chi connectivity index (χ4v) is 2.01. The standard InChI is InChI=1S/C11H13ClN6O2/c1-7-9(18(19)20)10(16-11(12)15-7)13-4-3-8-5-14-17(2)6-8/h5-6H,3-4H2,1-2H3,(H,13,15,16). The van der Waals surface area contributed by atoms with Crippen LogP contribution in [0.5, 0.6) is 0 Å². The van der Waals surface area contributed by atoms with Crippen LogP contribution in [-0.4, -0.2) is 31.2 Å². The van der Waals surface area contributed by atoms with E-state index in [4.69, 9.17) is 11.6 Å². The minimum absolute atomic E-state index is 0.0167. The van der Waals surface area contributed by atoms with E-state index >= 15 is 0 Å². The Balaban J connectivity index is 2.10. The SMILES string of the molecule is Cc1nc(Cl)nc(NCCc2cnn(C)c2)c1[N+](=O)[O-]. The maximum Gasteiger partial charge on any atom is 0.332 e. The zero-order chi connectivity index (χ0) is 14.7. The molecule has 0 fully saturated rings. The van der Waals surface area contributed by atoms with Crippen LogP contribution in [0.1, 0.15) is 11.3 Å². The summed E-state index contributed by atoms with van der Waals surface area (Å²) in [6, 6.07) is 0. The van der Waals surface area contributed by atoms with Gasteiger partial charge in [-0.3, -0.25) is 14.8 Å². The molecule has 2 aromatic rings. The third-order valence-electron chi connectivity index (χ3n) is 2.68. The molecule has 0 spiro atoms. The summed E-state index contributed by atoms with van der Waals surface area (Å²) in [4.78, 5) is 18.2. The van der Waals surface area contributed by atoms with E-state index < -0.39 is 4.92 Å². The largest absolute Gasteiger partial charge is 0.364 e. The zero-order valence-corrected chi connectivity index (χ0v) is 11.8. The first-order valence-electron chi connectivity index (χ1n) is 5.87. The van der Waals surface area contributed by atoms with Crippen LogP contribution >= 0.6 is 11.6 Å². The third kappa shape index (κ3) is 3.21. The molecule has 0 aliphatic carbocycles. The number of nitro groups is 1. The second-order valence-electron chi connectivity index (χ2n) is 4.23. The van der Waals surface area contributed by atoms with Gasteiger partial charge in [0.15, 0.2) is 0 Å². The van der Waals surface area contributed by atoms with E-state index in [-0.39, 0.29) is 22.5 Å². The van der Waals surface area contributed by atoms with Gasteiger partial charge in [-0.1, -0.05) is 0 Å². The Morgan fingerprint density at radius 3 is 2.85 bits per heavy atom. The summed E-state index contributed by atoms with van der Waals surface area (Å²) < 4.78 is 1.70. The molecule has 0 bridgehead atoms. The molecule has 0 atom stereocenters. The maximum atomic E-state index is 11.0. The number of halogens is 1. The van der Waals surface area contributed by atoms with E-state index in [0.29, 0.717) is 13.0 Å². The van der Waals surface area contributed by atoms with Gasteiger partial charge in [-0.25, -0.2) is 4.98 Å². The Hall–Kier alpha value is -2.22. The smallest absolute Gasteiger partial charge is 0.332 e. The first-order valence-corrected chi connectivity index (χ1v) is 6.25. The van der Waals surface area contributed by atoms with E-state index in [1.54, 1.807) is 10.9 Å². The number of aryl methyl sites for hydroxylation is 2. The molecule has 0 saturated carbocycles. The average Bonchev–Trinajstić information content (AvgIpc) is 2.73. The van der Waals surface area contributed by atoms with Gasteiger partial charge < -0.3 is 5.32 Å². The summed E-state index contributed by atoms with van der Waals surface area (Å²) in [5.41, 5.74) is 1.11. The van der Waals surface area contributed by atoms with E-state index in [1.807, 2.05) is 13.2 Å². The number of aromatic nitrogens is 4. The number of hydrogen-bond donors (Lipinski definition) is 1. The average molecular weight is 297 g/mol. The number of nitrogens with zero attached hydrogens (tertiary/aromatic N) is 5. The number of hydrogen-bond acceptors (Lipinski definition) is 6. The monoisotopic (exact) mass is 296 g/mol. The number of anilines is 1. The fraction of sp³-hybridized carbons (Fsp3) is 0.364. The molecule has 0 aromatic carbocycles. The molecule has 2 rings (SSSR count). The highest BCUT2D eigenvalue weighted by Crippen LogP contribution is 2.26. The minimum atomic E-state index is -0.516. The highest BCUT2D eigenvalue weighted by atomic mass is 35.5. The minimum Gasteiger partial charge on any atom is -0.364 e. The molecule has 9 heteroatoms. The lowest BCUT2D eigenvalue weighted by atomic mass is 10.2. The van der Waals surface area contributed by atoms with Gasteiger partial charge >= 0.3 is 5.69 Å². The molecular weight excluding hydrogens is 284 g/mol. The van der Waals surface area contributed by atoms with Crippen molar-refractivity contribution in [2.24, 2.45) is 7.05 Å². The molecule has 0 unspecified atom stereocenters. The molecule has 0 aliphatic rings. The third-order valence-corrected chi connectivity index (χ3v) is 2.85. The molecule has 1 N–H and O–H groups in total. The van der Waals surface area contributed by atoms with E-state index in [0.717, 1.165) is 5.56 Å². The molecular formula is C11H13ClN6O2. The lowest BCUT2D eigenvalue weighted by Crippen LogP contribution is -2.10. The van der Waals surface area contributed by atoms with Crippen LogP contribution in [-0.2, 0) is 13.5 Å². The van der Waals surface area contributed by atoms with Crippen LogP contribution in [0.25, 0.3) is 0 Å². The van der Waals surface area contributed by atoms with Gasteiger partial charge in [0, 0.05) is 19.8 Å². The Kier molecular flexibility index (Phi) is 4.14. The van der Waals surface area contributed by atoms with Gasteiger partial charge in [-0.05, 0) is 30.5 Å². The first-order chi connectivity index (χ1) is 9.47. The Morgan fingerprint density at radius 1 is 1.50 bits per heavy atom. The van der Waals surface area contributed by atoms with Crippen LogP contribution < -0.4 is 5.32 Å². The molecule has 2 aromatic heterocycles. The summed E-state index contributed by atoms with van der Waals surface area (Å²) in [6.07, 6.45) is 4.30. The van der Waals surface area contributed by atoms with Crippen LogP contribution in [0.3, 0.4) is 0 Å². The van der Waals surface area contributed by atoms with Gasteiger partial charge in [0.05, 0.1) is 11.1 Å². The zero-order valence-electron chi connectivity index (χ0n) is 11.0. The molecule has 0 aliphatic heterocycles. The van der Waals surface area contributed by atoms with Crippen LogP contribution in [0.15, 0.2) is 12.4 Å². The predicted molar refractivity (Wildman–Crippen MR) is 73.8 cm³/mol. The molecule has 0 radical (unpaired) electrons. The van der Waals surface area contributed by atoms with Gasteiger partial charge in [0.25, 0.3) is 0 Å². The molecule has 0 amide bonds. The predicted octanol–water partition coefficient (Wildman–Crippen LogP) is 1.73. The fourth-order valence-electron chi connectivity index (χ4n) is 1.80. The normalized spacial score (nSPS) is 10.6. The van der Waals surface area contributed by atoms with Crippen molar-refractivity contribution in [3.8, 4) is 0 Å². The Bertz CT molecular complexity index is 642. The van der Waals surface area contributed by atoms with Crippen molar-refractivity contribution in [1.29, 1.82) is 0 Å². The maximum absolute atomic E-state index is 11.0. The van der Waals surface area contributed by atoms with Gasteiger partial charge in [-0.2, -0.15) is 10.1 Å². The van der Waals surface area contributed by atoms with Crippen molar-refractivity contribution < 1.29 is 4.92 Å². The van der Waals surface area contributed by atoms with E-state index in [2.05, 4.69) is 20.4 Å². The van der Waals surface area contributed by atoms with Crippen LogP contribution in [0.2, 0.25) is 5.28 Å². The van der Waals surface area contributed by atoms with Crippen molar-refractivity contribution in [3.05, 3.63) is 39.0 Å². The molecule has 8 nitrogen and oxygen atoms in total. The lowest BCUT2D eigenvalue weighted by molar-refractivity contribution is -0.385. The number of rotatable bonds is 5. The molecule has 20 heavy (non-hydrogen) atoms. The number of nitrogens with one attached hydrogen (secondary N) is 1. The second-order valence-corrected chi connectivity index (χ2v) is 4.57. The van der Waals surface area contributed by atoms with Crippen molar-refractivity contribution in [2.75, 3.05) is 11.9 Å². The van der Waals surface area contributed by atoms with Crippen molar-refractivity contribution in [3.63, 3.8) is 0 Å². The topological polar surface area (TPSA) is 98.8 Å². The highest BCUT2D eigenvalue weighted by molar-refractivity contribution is 6.28. The van der Waals surface area contributed by atoms with E-state index in [1.165, 1.54) is 6.92 Å². The second kappa shape index (κ2) is 5.83. The summed E-state index contributed by atoms with van der Waals surface area (Å²) in [6.45, 7) is 2.01. The summed E-state index contributed by atoms with van der Waals surface area (Å²) in [7, 11) is 1.83. The van der Waals surface area contributed by atoms with E-state index in [9.17, 15) is 10.1 Å². The summed E-state index contributed by atoms with van der Waals surface area (Å²) in [5, 5.41) is 18.0. The summed E-state index contributed by atoms with van der Waals surface area (Å²) >= 11 is 5.73. The highest BCUT2D eigenvalue weighted by Gasteiger charge is 2.21. The van der Waals surface area contributed by atoms with Crippen molar-refractivity contribution in [2.45, 2.75) is 13.3 Å². The van der Waals surface area contributed by atoms with Crippen molar-refractivity contribution in [1.82, 2.24) is 19.7 Å². The Morgan fingerprint density at radius 2 is 2.25 bits per heavy atom. The lowest BCUT2D eigenvalue weighted by Gasteiger charge is -2.07. The Labute approximate surface area is 120 Å². The molecule has 0 saturated heterocycles. The van der Waals surface area contributed by atoms with Gasteiger partial charge in [0.1, 0.15) is 5.69 Å². The van der Waals surface area contributed by atoms with Gasteiger partial charge in [-0.15, -0.1) is 0 Å². The molecule has 2 heterocycles. The van der Waals surface area contributed by atoms with Crippen molar-refractivity contribution >= 4 is 23.1 Å². The van der Waals surface area contributed by atoms with Gasteiger partial charge in [0.2, 0.25) is 11.1 Å². The van der Waals surface area contributed by atoms with Crippen LogP contribution in [0.4, 0.5) is 11.5 Å². The first kappa shape index (κ1) is 14.2. The quantitative estimate of drug-likeness (QED) is 0.512. The molecule has 106 valence electrons. The summed E-state index contributed by atoms with van der Waals surface area (Å²) in [5.74, 6) is 0.136. The van der Waals surface area contributed by atoms with Crippen LogP contribution in [0, 0.1) is 17.0 Å².